The lowest BCUT2D eigenvalue weighted by atomic mass is 9.84. The van der Waals surface area contributed by atoms with Gasteiger partial charge >= 0.3 is 0 Å². The molecule has 1 heterocycles. The van der Waals surface area contributed by atoms with Gasteiger partial charge in [0.1, 0.15) is 6.10 Å². The van der Waals surface area contributed by atoms with Gasteiger partial charge in [0.05, 0.1) is 6.10 Å². The van der Waals surface area contributed by atoms with E-state index in [1.54, 1.807) is 7.11 Å². The summed E-state index contributed by atoms with van der Waals surface area (Å²) >= 11 is 0. The van der Waals surface area contributed by atoms with E-state index in [0.717, 1.165) is 0 Å². The average molecular weight is 174 g/mol. The first-order valence-electron chi connectivity index (χ1n) is 4.44. The molecule has 12 heavy (non-hydrogen) atoms. The van der Waals surface area contributed by atoms with Crippen LogP contribution in [0.5, 0.6) is 0 Å². The first-order valence-corrected chi connectivity index (χ1v) is 4.44. The van der Waals surface area contributed by atoms with Crippen molar-refractivity contribution in [3.05, 3.63) is 0 Å². The number of methoxy groups -OCH3 is 1. The van der Waals surface area contributed by atoms with Gasteiger partial charge < -0.3 is 14.6 Å². The molecule has 0 aromatic carbocycles. The molecule has 0 aliphatic carbocycles. The standard InChI is InChI=1S/C9H18O3/c1-5-6(2)8(10)9(11-4)12-7(5)3/h5-10H,1-4H3/t5-,6+,7?,8?,9-/m1/s1. The average Bonchev–Trinajstić information content (AvgIpc) is 2.08. The number of aliphatic hydroxyl groups is 1. The van der Waals surface area contributed by atoms with Crippen LogP contribution in [0.1, 0.15) is 20.8 Å². The van der Waals surface area contributed by atoms with E-state index in [0.29, 0.717) is 5.92 Å². The fourth-order valence-electron chi connectivity index (χ4n) is 1.60. The van der Waals surface area contributed by atoms with E-state index in [1.807, 2.05) is 13.8 Å². The van der Waals surface area contributed by atoms with E-state index in [9.17, 15) is 5.11 Å². The molecule has 1 aliphatic heterocycles. The lowest BCUT2D eigenvalue weighted by Crippen LogP contribution is -2.48. The van der Waals surface area contributed by atoms with Crippen molar-refractivity contribution in [2.75, 3.05) is 7.11 Å². The quantitative estimate of drug-likeness (QED) is 0.644. The normalized spacial score (nSPS) is 49.2. The van der Waals surface area contributed by atoms with Crippen molar-refractivity contribution in [3.63, 3.8) is 0 Å². The summed E-state index contributed by atoms with van der Waals surface area (Å²) in [4.78, 5) is 0. The van der Waals surface area contributed by atoms with Crippen LogP contribution in [0.25, 0.3) is 0 Å². The molecule has 1 N–H and O–H groups in total. The summed E-state index contributed by atoms with van der Waals surface area (Å²) in [6.07, 6.45) is -0.791. The first-order chi connectivity index (χ1) is 5.57. The molecule has 0 aromatic rings. The van der Waals surface area contributed by atoms with Crippen LogP contribution < -0.4 is 0 Å². The second kappa shape index (κ2) is 3.73. The van der Waals surface area contributed by atoms with Gasteiger partial charge in [-0.05, 0) is 18.8 Å². The summed E-state index contributed by atoms with van der Waals surface area (Å²) in [6.45, 7) is 6.13. The summed E-state index contributed by atoms with van der Waals surface area (Å²) in [5, 5.41) is 9.68. The van der Waals surface area contributed by atoms with Crippen molar-refractivity contribution in [3.8, 4) is 0 Å². The van der Waals surface area contributed by atoms with Gasteiger partial charge in [-0.3, -0.25) is 0 Å². The van der Waals surface area contributed by atoms with Crippen LogP contribution >= 0.6 is 0 Å². The van der Waals surface area contributed by atoms with Crippen molar-refractivity contribution in [1.29, 1.82) is 0 Å². The van der Waals surface area contributed by atoms with Gasteiger partial charge in [0, 0.05) is 7.11 Å². The smallest absolute Gasteiger partial charge is 0.183 e. The molecule has 0 amide bonds. The minimum atomic E-state index is -0.499. The van der Waals surface area contributed by atoms with Crippen molar-refractivity contribution in [2.45, 2.75) is 39.3 Å². The van der Waals surface area contributed by atoms with Crippen molar-refractivity contribution < 1.29 is 14.6 Å². The Bertz CT molecular complexity index is 144. The van der Waals surface area contributed by atoms with Crippen LogP contribution in [0.3, 0.4) is 0 Å². The number of rotatable bonds is 1. The molecule has 0 radical (unpaired) electrons. The number of aliphatic hydroxyl groups excluding tert-OH is 1. The highest BCUT2D eigenvalue weighted by atomic mass is 16.7. The van der Waals surface area contributed by atoms with E-state index >= 15 is 0 Å². The van der Waals surface area contributed by atoms with Crippen molar-refractivity contribution in [2.24, 2.45) is 11.8 Å². The zero-order valence-corrected chi connectivity index (χ0v) is 8.15. The molecule has 1 rings (SSSR count). The van der Waals surface area contributed by atoms with E-state index < -0.39 is 12.4 Å². The summed E-state index contributed by atoms with van der Waals surface area (Å²) < 4.78 is 10.5. The maximum Gasteiger partial charge on any atom is 0.183 e. The lowest BCUT2D eigenvalue weighted by Gasteiger charge is -2.40. The zero-order chi connectivity index (χ0) is 9.30. The van der Waals surface area contributed by atoms with Gasteiger partial charge in [-0.15, -0.1) is 0 Å². The Kier molecular flexibility index (Phi) is 3.09. The highest BCUT2D eigenvalue weighted by Gasteiger charge is 2.38. The van der Waals surface area contributed by atoms with Crippen LogP contribution in [-0.2, 0) is 9.47 Å². The van der Waals surface area contributed by atoms with Gasteiger partial charge in [-0.2, -0.15) is 0 Å². The van der Waals surface area contributed by atoms with Gasteiger partial charge in [0.2, 0.25) is 0 Å². The summed E-state index contributed by atoms with van der Waals surface area (Å²) in [6, 6.07) is 0. The maximum absolute atomic E-state index is 9.68. The Morgan fingerprint density at radius 3 is 2.25 bits per heavy atom. The predicted octanol–water partition coefficient (Wildman–Crippen LogP) is 1.01. The molecule has 1 fully saturated rings. The molecule has 3 heteroatoms. The number of hydrogen-bond donors (Lipinski definition) is 1. The molecule has 72 valence electrons. The molecule has 1 aliphatic rings. The van der Waals surface area contributed by atoms with Gasteiger partial charge in [-0.25, -0.2) is 0 Å². The monoisotopic (exact) mass is 174 g/mol. The third-order valence-corrected chi connectivity index (χ3v) is 2.97. The van der Waals surface area contributed by atoms with E-state index in [4.69, 9.17) is 9.47 Å². The van der Waals surface area contributed by atoms with Gasteiger partial charge in [0.25, 0.3) is 0 Å². The molecule has 0 bridgehead atoms. The summed E-state index contributed by atoms with van der Waals surface area (Å²) in [5.74, 6) is 0.616. The topological polar surface area (TPSA) is 38.7 Å². The Labute approximate surface area is 73.7 Å². The molecule has 5 atom stereocenters. The SMILES string of the molecule is CO[C@@H]1OC(C)[C@H](C)[C@H](C)C1O. The highest BCUT2D eigenvalue weighted by molar-refractivity contribution is 4.82. The Hall–Kier alpha value is -0.120. The first kappa shape index (κ1) is 9.96. The van der Waals surface area contributed by atoms with E-state index in [-0.39, 0.29) is 12.0 Å². The lowest BCUT2D eigenvalue weighted by molar-refractivity contribution is -0.256. The molecule has 2 unspecified atom stereocenters. The molecular formula is C9H18O3. The fraction of sp³-hybridized carbons (Fsp3) is 1.00. The third-order valence-electron chi connectivity index (χ3n) is 2.97. The molecular weight excluding hydrogens is 156 g/mol. The third kappa shape index (κ3) is 1.63. The van der Waals surface area contributed by atoms with Gasteiger partial charge in [-0.1, -0.05) is 13.8 Å². The second-order valence-electron chi connectivity index (χ2n) is 3.65. The fourth-order valence-corrected chi connectivity index (χ4v) is 1.60. The summed E-state index contributed by atoms with van der Waals surface area (Å²) in [5.41, 5.74) is 0. The minimum absolute atomic E-state index is 0.161. The van der Waals surface area contributed by atoms with Crippen LogP contribution in [0, 0.1) is 11.8 Å². The van der Waals surface area contributed by atoms with Crippen LogP contribution in [0.2, 0.25) is 0 Å². The maximum atomic E-state index is 9.68. The Balaban J connectivity index is 2.63. The van der Waals surface area contributed by atoms with E-state index in [2.05, 4.69) is 6.92 Å². The molecule has 0 spiro atoms. The van der Waals surface area contributed by atoms with Gasteiger partial charge in [0.15, 0.2) is 6.29 Å². The Morgan fingerprint density at radius 1 is 1.17 bits per heavy atom. The predicted molar refractivity (Wildman–Crippen MR) is 45.7 cm³/mol. The minimum Gasteiger partial charge on any atom is -0.388 e. The molecule has 3 nitrogen and oxygen atoms in total. The molecule has 1 saturated heterocycles. The second-order valence-corrected chi connectivity index (χ2v) is 3.65. The largest absolute Gasteiger partial charge is 0.388 e. The van der Waals surface area contributed by atoms with Crippen molar-refractivity contribution >= 4 is 0 Å². The number of hydrogen-bond acceptors (Lipinski definition) is 3. The highest BCUT2D eigenvalue weighted by Crippen LogP contribution is 2.30. The van der Waals surface area contributed by atoms with Crippen LogP contribution in [0.4, 0.5) is 0 Å². The zero-order valence-electron chi connectivity index (χ0n) is 8.15. The Morgan fingerprint density at radius 2 is 1.75 bits per heavy atom. The van der Waals surface area contributed by atoms with Crippen molar-refractivity contribution in [1.82, 2.24) is 0 Å². The number of ether oxygens (including phenoxy) is 2. The van der Waals surface area contributed by atoms with Crippen LogP contribution in [0.15, 0.2) is 0 Å². The molecule has 0 saturated carbocycles. The summed E-state index contributed by atoms with van der Waals surface area (Å²) in [7, 11) is 1.56. The van der Waals surface area contributed by atoms with E-state index in [1.165, 1.54) is 0 Å². The van der Waals surface area contributed by atoms with Crippen LogP contribution in [-0.4, -0.2) is 30.7 Å². The molecule has 0 aromatic heterocycles.